The van der Waals surface area contributed by atoms with Crippen molar-refractivity contribution in [3.63, 3.8) is 0 Å². The van der Waals surface area contributed by atoms with Crippen LogP contribution >= 0.6 is 0 Å². The summed E-state index contributed by atoms with van der Waals surface area (Å²) in [4.78, 5) is 2.37. The number of rotatable bonds is 2. The highest BCUT2D eigenvalue weighted by Crippen LogP contribution is 2.21. The first kappa shape index (κ1) is 8.55. The molecular formula is C9H16N2. The van der Waals surface area contributed by atoms with Crippen LogP contribution in [0.25, 0.3) is 0 Å². The van der Waals surface area contributed by atoms with Crippen molar-refractivity contribution >= 4 is 0 Å². The smallest absolute Gasteiger partial charge is 0.0717 e. The van der Waals surface area contributed by atoms with Crippen molar-refractivity contribution in [1.29, 1.82) is 5.26 Å². The highest BCUT2D eigenvalue weighted by atomic mass is 15.2. The van der Waals surface area contributed by atoms with Gasteiger partial charge in [-0.1, -0.05) is 13.8 Å². The molecule has 11 heavy (non-hydrogen) atoms. The molecule has 0 bridgehead atoms. The van der Waals surface area contributed by atoms with E-state index in [-0.39, 0.29) is 0 Å². The van der Waals surface area contributed by atoms with Crippen molar-refractivity contribution in [3.05, 3.63) is 0 Å². The van der Waals surface area contributed by atoms with Gasteiger partial charge in [-0.15, -0.1) is 0 Å². The van der Waals surface area contributed by atoms with Crippen molar-refractivity contribution in [3.8, 4) is 6.07 Å². The SMILES string of the molecule is CC(C)C(C)N1CC(C#N)C1. The average Bonchev–Trinajstić information content (AvgIpc) is 1.85. The van der Waals surface area contributed by atoms with E-state index in [2.05, 4.69) is 31.7 Å². The first-order chi connectivity index (χ1) is 5.15. The summed E-state index contributed by atoms with van der Waals surface area (Å²) >= 11 is 0. The molecule has 0 N–H and O–H groups in total. The summed E-state index contributed by atoms with van der Waals surface area (Å²) in [6.07, 6.45) is 0. The summed E-state index contributed by atoms with van der Waals surface area (Å²) in [5.41, 5.74) is 0. The highest BCUT2D eigenvalue weighted by molar-refractivity contribution is 4.96. The third-order valence-electron chi connectivity index (χ3n) is 2.63. The number of nitrogens with zero attached hydrogens (tertiary/aromatic N) is 2. The lowest BCUT2D eigenvalue weighted by Crippen LogP contribution is -2.52. The Kier molecular flexibility index (Phi) is 2.51. The molecule has 1 aliphatic rings. The van der Waals surface area contributed by atoms with E-state index >= 15 is 0 Å². The molecular weight excluding hydrogens is 136 g/mol. The molecule has 0 saturated carbocycles. The van der Waals surface area contributed by atoms with Gasteiger partial charge in [0.2, 0.25) is 0 Å². The molecule has 62 valence electrons. The Bertz CT molecular complexity index is 163. The fourth-order valence-electron chi connectivity index (χ4n) is 1.35. The fourth-order valence-corrected chi connectivity index (χ4v) is 1.35. The van der Waals surface area contributed by atoms with Crippen molar-refractivity contribution in [2.75, 3.05) is 13.1 Å². The molecule has 1 heterocycles. The second-order valence-corrected chi connectivity index (χ2v) is 3.76. The molecule has 1 saturated heterocycles. The summed E-state index contributed by atoms with van der Waals surface area (Å²) in [5, 5.41) is 8.55. The molecule has 1 aliphatic heterocycles. The summed E-state index contributed by atoms with van der Waals surface area (Å²) < 4.78 is 0. The fraction of sp³-hybridized carbons (Fsp3) is 0.889. The van der Waals surface area contributed by atoms with E-state index in [1.807, 2.05) is 0 Å². The first-order valence-corrected chi connectivity index (χ1v) is 4.28. The van der Waals surface area contributed by atoms with Crippen LogP contribution in [-0.4, -0.2) is 24.0 Å². The summed E-state index contributed by atoms with van der Waals surface area (Å²) in [5.74, 6) is 1.01. The van der Waals surface area contributed by atoms with Crippen molar-refractivity contribution in [2.45, 2.75) is 26.8 Å². The van der Waals surface area contributed by atoms with Gasteiger partial charge < -0.3 is 0 Å². The zero-order valence-electron chi connectivity index (χ0n) is 7.54. The molecule has 2 heteroatoms. The molecule has 0 aromatic heterocycles. The number of hydrogen-bond donors (Lipinski definition) is 0. The van der Waals surface area contributed by atoms with Gasteiger partial charge in [0.25, 0.3) is 0 Å². The van der Waals surface area contributed by atoms with Crippen LogP contribution in [0, 0.1) is 23.2 Å². The largest absolute Gasteiger partial charge is 0.298 e. The minimum Gasteiger partial charge on any atom is -0.298 e. The van der Waals surface area contributed by atoms with Crippen LogP contribution in [-0.2, 0) is 0 Å². The third-order valence-corrected chi connectivity index (χ3v) is 2.63. The second kappa shape index (κ2) is 3.23. The summed E-state index contributed by atoms with van der Waals surface area (Å²) in [7, 11) is 0. The topological polar surface area (TPSA) is 27.0 Å². The molecule has 0 aliphatic carbocycles. The van der Waals surface area contributed by atoms with E-state index in [0.717, 1.165) is 13.1 Å². The average molecular weight is 152 g/mol. The van der Waals surface area contributed by atoms with Crippen LogP contribution in [0.3, 0.4) is 0 Å². The van der Waals surface area contributed by atoms with Crippen LogP contribution in [0.5, 0.6) is 0 Å². The van der Waals surface area contributed by atoms with Crippen molar-refractivity contribution in [2.24, 2.45) is 11.8 Å². The minimum absolute atomic E-state index is 0.302. The Hall–Kier alpha value is -0.550. The van der Waals surface area contributed by atoms with Crippen LogP contribution < -0.4 is 0 Å². The first-order valence-electron chi connectivity index (χ1n) is 4.28. The predicted molar refractivity (Wildman–Crippen MR) is 45.0 cm³/mol. The van der Waals surface area contributed by atoms with Gasteiger partial charge in [-0.25, -0.2) is 0 Å². The Morgan fingerprint density at radius 1 is 1.36 bits per heavy atom. The van der Waals surface area contributed by atoms with Crippen LogP contribution in [0.4, 0.5) is 0 Å². The predicted octanol–water partition coefficient (Wildman–Crippen LogP) is 1.49. The monoisotopic (exact) mass is 152 g/mol. The zero-order valence-corrected chi connectivity index (χ0v) is 7.54. The highest BCUT2D eigenvalue weighted by Gasteiger charge is 2.30. The number of nitriles is 1. The molecule has 1 fully saturated rings. The van der Waals surface area contributed by atoms with E-state index in [1.54, 1.807) is 0 Å². The molecule has 1 unspecified atom stereocenters. The van der Waals surface area contributed by atoms with Gasteiger partial charge >= 0.3 is 0 Å². The second-order valence-electron chi connectivity index (χ2n) is 3.76. The molecule has 0 aromatic carbocycles. The summed E-state index contributed by atoms with van der Waals surface area (Å²) in [6, 6.07) is 2.92. The normalized spacial score (nSPS) is 22.8. The van der Waals surface area contributed by atoms with E-state index in [1.165, 1.54) is 0 Å². The van der Waals surface area contributed by atoms with Crippen molar-refractivity contribution in [1.82, 2.24) is 4.90 Å². The Balaban J connectivity index is 2.27. The standard InChI is InChI=1S/C9H16N2/c1-7(2)8(3)11-5-9(4-10)6-11/h7-9H,5-6H2,1-3H3. The quantitative estimate of drug-likeness (QED) is 0.599. The Morgan fingerprint density at radius 3 is 2.27 bits per heavy atom. The molecule has 0 spiro atoms. The Morgan fingerprint density at radius 2 is 1.91 bits per heavy atom. The lowest BCUT2D eigenvalue weighted by Gasteiger charge is -2.41. The van der Waals surface area contributed by atoms with Gasteiger partial charge in [-0.2, -0.15) is 5.26 Å². The molecule has 2 nitrogen and oxygen atoms in total. The van der Waals surface area contributed by atoms with Gasteiger partial charge in [0.15, 0.2) is 0 Å². The molecule has 0 amide bonds. The Labute approximate surface area is 68.8 Å². The minimum atomic E-state index is 0.302. The molecule has 0 radical (unpaired) electrons. The maximum absolute atomic E-state index is 8.55. The number of likely N-dealkylation sites (tertiary alicyclic amines) is 1. The maximum atomic E-state index is 8.55. The molecule has 0 aromatic rings. The van der Waals surface area contributed by atoms with E-state index in [0.29, 0.717) is 17.9 Å². The van der Waals surface area contributed by atoms with Gasteiger partial charge in [-0.3, -0.25) is 4.90 Å². The molecule has 1 rings (SSSR count). The van der Waals surface area contributed by atoms with E-state index in [9.17, 15) is 0 Å². The van der Waals surface area contributed by atoms with E-state index in [4.69, 9.17) is 5.26 Å². The van der Waals surface area contributed by atoms with Crippen LogP contribution in [0.1, 0.15) is 20.8 Å². The zero-order chi connectivity index (χ0) is 8.43. The lowest BCUT2D eigenvalue weighted by atomic mass is 9.95. The third kappa shape index (κ3) is 1.72. The van der Waals surface area contributed by atoms with E-state index < -0.39 is 0 Å². The molecule has 1 atom stereocenters. The van der Waals surface area contributed by atoms with Crippen LogP contribution in [0.15, 0.2) is 0 Å². The van der Waals surface area contributed by atoms with Crippen LogP contribution in [0.2, 0.25) is 0 Å². The van der Waals surface area contributed by atoms with Crippen molar-refractivity contribution < 1.29 is 0 Å². The maximum Gasteiger partial charge on any atom is 0.0717 e. The van der Waals surface area contributed by atoms with Gasteiger partial charge in [-0.05, 0) is 12.8 Å². The van der Waals surface area contributed by atoms with Gasteiger partial charge in [0, 0.05) is 19.1 Å². The van der Waals surface area contributed by atoms with Gasteiger partial charge in [0.05, 0.1) is 12.0 Å². The van der Waals surface area contributed by atoms with Gasteiger partial charge in [0.1, 0.15) is 0 Å². The summed E-state index contributed by atoms with van der Waals surface area (Å²) in [6.45, 7) is 8.65. The number of hydrogen-bond acceptors (Lipinski definition) is 2. The lowest BCUT2D eigenvalue weighted by molar-refractivity contribution is 0.0655.